The van der Waals surface area contributed by atoms with Gasteiger partial charge >= 0.3 is 341 Å². The van der Waals surface area contributed by atoms with Gasteiger partial charge in [-0.25, -0.2) is 0 Å². The number of thiophene rings is 1. The minimum absolute atomic E-state index is 0.0296. The molecule has 0 radical (unpaired) electrons. The molecule has 0 spiro atoms. The number of para-hydroxylation sites is 2. The van der Waals surface area contributed by atoms with Gasteiger partial charge in [0.25, 0.3) is 0 Å². The Bertz CT molecular complexity index is 3460. The van der Waals surface area contributed by atoms with Crippen LogP contribution in [0.1, 0.15) is 11.1 Å². The summed E-state index contributed by atoms with van der Waals surface area (Å²) >= 11 is 1.87. The van der Waals surface area contributed by atoms with Gasteiger partial charge in [-0.05, 0) is 0 Å². The average molecular weight is 807 g/mol. The number of hydrogen-bond acceptors (Lipinski definition) is 4. The number of ether oxygens (including phenoxy) is 1. The summed E-state index contributed by atoms with van der Waals surface area (Å²) in [5.41, 5.74) is 12.2. The molecular weight excluding hydrogens is 780 g/mol. The van der Waals surface area contributed by atoms with Crippen molar-refractivity contribution in [1.29, 1.82) is 10.5 Å². The van der Waals surface area contributed by atoms with Gasteiger partial charge in [-0.2, -0.15) is 0 Å². The van der Waals surface area contributed by atoms with E-state index >= 15 is 0 Å². The van der Waals surface area contributed by atoms with Gasteiger partial charge in [0.1, 0.15) is 0 Å². The van der Waals surface area contributed by atoms with Crippen LogP contribution in [0, 0.1) is 22.7 Å². The first kappa shape index (κ1) is 32.4. The molecule has 0 amide bonds. The monoisotopic (exact) mass is 807 g/mol. The fourth-order valence-electron chi connectivity index (χ4n) is 9.07. The standard InChI is InChI=1S/C50H26BN3OSSe/c52-27-31-12-4-6-14-34(31)33-22-45-48-47(24-33)57-50-39(21-20-37-36-19-18-30(23-46(36)56-49(37)50)29-10-2-1-3-11-29)51(48)40-25-38-35-15-7-9-17-42(35)54(43(38)26-44(40)55-45)41-16-8-5-13-32(41)28-53/h1-26H. The molecule has 0 unspecified atom stereocenters. The van der Waals surface area contributed by atoms with Crippen LogP contribution in [0.25, 0.3) is 69.9 Å². The summed E-state index contributed by atoms with van der Waals surface area (Å²) in [6.45, 7) is -0.0444. The van der Waals surface area contributed by atoms with Crippen molar-refractivity contribution in [2.75, 3.05) is 0 Å². The Morgan fingerprint density at radius 2 is 1.33 bits per heavy atom. The maximum atomic E-state index is 10.2. The number of aromatic nitrogens is 1. The fraction of sp³-hybridized carbons (Fsp3) is 0. The van der Waals surface area contributed by atoms with E-state index in [4.69, 9.17) is 4.74 Å². The predicted octanol–water partition coefficient (Wildman–Crippen LogP) is 8.82. The molecule has 262 valence electrons. The van der Waals surface area contributed by atoms with Crippen LogP contribution < -0.4 is 30.0 Å². The van der Waals surface area contributed by atoms with E-state index in [0.717, 1.165) is 55.6 Å². The molecule has 2 aliphatic rings. The quantitative estimate of drug-likeness (QED) is 0.168. The first-order chi connectivity index (χ1) is 28.2. The van der Waals surface area contributed by atoms with E-state index < -0.39 is 0 Å². The summed E-state index contributed by atoms with van der Waals surface area (Å²) in [6.07, 6.45) is 0. The van der Waals surface area contributed by atoms with Crippen molar-refractivity contribution in [2.24, 2.45) is 0 Å². The molecule has 57 heavy (non-hydrogen) atoms. The third-order valence-corrected chi connectivity index (χ3v) is 15.6. The molecule has 7 heteroatoms. The Labute approximate surface area is 338 Å². The molecule has 10 aromatic rings. The average Bonchev–Trinajstić information content (AvgIpc) is 3.80. The Morgan fingerprint density at radius 3 is 2.21 bits per heavy atom. The van der Waals surface area contributed by atoms with Crippen LogP contribution in [0.3, 0.4) is 0 Å². The topological polar surface area (TPSA) is 61.7 Å². The third kappa shape index (κ3) is 4.72. The van der Waals surface area contributed by atoms with Gasteiger partial charge in [0.15, 0.2) is 0 Å². The first-order valence-corrected chi connectivity index (χ1v) is 21.3. The van der Waals surface area contributed by atoms with Crippen molar-refractivity contribution in [3.05, 3.63) is 169 Å². The van der Waals surface area contributed by atoms with Crippen molar-refractivity contribution in [3.8, 4) is 51.6 Å². The van der Waals surface area contributed by atoms with Crippen LogP contribution >= 0.6 is 11.3 Å². The second-order valence-corrected chi connectivity index (χ2v) is 17.9. The number of nitrogens with zero attached hydrogens (tertiary/aromatic N) is 3. The van der Waals surface area contributed by atoms with Gasteiger partial charge in [-0.3, -0.25) is 0 Å². The molecule has 2 aliphatic heterocycles. The Balaban J connectivity index is 1.14. The van der Waals surface area contributed by atoms with E-state index in [0.29, 0.717) is 11.1 Å². The van der Waals surface area contributed by atoms with E-state index in [1.807, 2.05) is 59.9 Å². The van der Waals surface area contributed by atoms with Crippen molar-refractivity contribution < 1.29 is 4.74 Å². The predicted molar refractivity (Wildman–Crippen MR) is 237 cm³/mol. The van der Waals surface area contributed by atoms with Crippen LogP contribution in [0.2, 0.25) is 0 Å². The molecule has 12 rings (SSSR count). The van der Waals surface area contributed by atoms with Crippen LogP contribution in [-0.4, -0.2) is 26.2 Å². The van der Waals surface area contributed by atoms with Gasteiger partial charge in [0.2, 0.25) is 0 Å². The second kappa shape index (κ2) is 12.3. The van der Waals surface area contributed by atoms with Gasteiger partial charge in [0.05, 0.1) is 0 Å². The third-order valence-electron chi connectivity index (χ3n) is 11.6. The van der Waals surface area contributed by atoms with Crippen LogP contribution in [0.4, 0.5) is 0 Å². The molecule has 0 aliphatic carbocycles. The number of benzene rings is 8. The van der Waals surface area contributed by atoms with E-state index in [9.17, 15) is 10.5 Å². The molecule has 4 heterocycles. The Hall–Kier alpha value is -6.86. The normalized spacial score (nSPS) is 12.6. The molecule has 0 saturated carbocycles. The summed E-state index contributed by atoms with van der Waals surface area (Å²) in [5.74, 6) is 1.64. The number of fused-ring (bicyclic) bond motifs is 11. The Kier molecular flexibility index (Phi) is 7.00. The zero-order valence-electron chi connectivity index (χ0n) is 30.2. The van der Waals surface area contributed by atoms with E-state index in [1.54, 1.807) is 0 Å². The molecule has 0 fully saturated rings. The van der Waals surface area contributed by atoms with E-state index in [1.165, 1.54) is 51.1 Å². The SMILES string of the molecule is N#Cc1ccccc1-c1cc2c3c(c1)[Se]c1c(ccc4c1sc1cc(-c5ccccc5)ccc14)B3c1cc3c4ccccc4n(-c4ccccc4C#N)c3cc1O2. The molecule has 0 N–H and O–H groups in total. The van der Waals surface area contributed by atoms with Crippen molar-refractivity contribution in [1.82, 2.24) is 4.57 Å². The first-order valence-electron chi connectivity index (χ1n) is 18.8. The molecule has 0 bridgehead atoms. The maximum absolute atomic E-state index is 10.2. The number of hydrogen-bond donors (Lipinski definition) is 0. The zero-order chi connectivity index (χ0) is 37.8. The van der Waals surface area contributed by atoms with Crippen molar-refractivity contribution >= 4 is 100 Å². The van der Waals surface area contributed by atoms with Gasteiger partial charge in [-0.1, -0.05) is 0 Å². The second-order valence-electron chi connectivity index (χ2n) is 14.6. The summed E-state index contributed by atoms with van der Waals surface area (Å²) < 4.78 is 14.6. The van der Waals surface area contributed by atoms with Crippen molar-refractivity contribution in [3.63, 3.8) is 0 Å². The van der Waals surface area contributed by atoms with Gasteiger partial charge in [-0.15, -0.1) is 0 Å². The Morgan fingerprint density at radius 1 is 0.561 bits per heavy atom. The minimum atomic E-state index is -0.0444. The summed E-state index contributed by atoms with van der Waals surface area (Å²) in [4.78, 5) is 0. The molecule has 4 nitrogen and oxygen atoms in total. The summed E-state index contributed by atoms with van der Waals surface area (Å²) in [7, 11) is 0. The van der Waals surface area contributed by atoms with Crippen LogP contribution in [0.5, 0.6) is 11.5 Å². The molecular formula is C50H26BN3OSSe. The van der Waals surface area contributed by atoms with E-state index in [-0.39, 0.29) is 21.7 Å². The molecule has 0 saturated heterocycles. The van der Waals surface area contributed by atoms with Gasteiger partial charge < -0.3 is 0 Å². The zero-order valence-corrected chi connectivity index (χ0v) is 32.7. The summed E-state index contributed by atoms with van der Waals surface area (Å²) in [6, 6.07) is 60.2. The molecule has 0 atom stereocenters. The van der Waals surface area contributed by atoms with Crippen LogP contribution in [-0.2, 0) is 0 Å². The van der Waals surface area contributed by atoms with Crippen LogP contribution in [0.15, 0.2) is 158 Å². The number of nitriles is 2. The summed E-state index contributed by atoms with van der Waals surface area (Å²) in [5, 5.41) is 25.2. The number of rotatable bonds is 3. The van der Waals surface area contributed by atoms with E-state index in [2.05, 4.69) is 126 Å². The van der Waals surface area contributed by atoms with Gasteiger partial charge in [0, 0.05) is 0 Å². The van der Waals surface area contributed by atoms with Crippen molar-refractivity contribution in [2.45, 2.75) is 0 Å². The molecule has 8 aromatic carbocycles. The fourth-order valence-corrected chi connectivity index (χ4v) is 13.3. The molecule has 2 aromatic heterocycles.